The number of ether oxygens (including phenoxy) is 2. The first-order valence-corrected chi connectivity index (χ1v) is 9.48. The molecule has 1 unspecified atom stereocenters. The van der Waals surface area contributed by atoms with E-state index in [1.807, 2.05) is 26.1 Å². The number of pyridine rings is 1. The van der Waals surface area contributed by atoms with E-state index < -0.39 is 0 Å². The summed E-state index contributed by atoms with van der Waals surface area (Å²) in [5.74, 6) is 1.73. The van der Waals surface area contributed by atoms with Gasteiger partial charge in [-0.15, -0.1) is 0 Å². The Morgan fingerprint density at radius 3 is 2.56 bits per heavy atom. The highest BCUT2D eigenvalue weighted by molar-refractivity contribution is 5.95. The molecule has 5 heteroatoms. The summed E-state index contributed by atoms with van der Waals surface area (Å²) < 4.78 is 11.6. The van der Waals surface area contributed by atoms with Gasteiger partial charge in [-0.1, -0.05) is 19.9 Å². The van der Waals surface area contributed by atoms with Gasteiger partial charge in [-0.25, -0.2) is 0 Å². The number of amides is 1. The average molecular weight is 370 g/mol. The van der Waals surface area contributed by atoms with Crippen LogP contribution in [0.2, 0.25) is 0 Å². The lowest BCUT2D eigenvalue weighted by molar-refractivity contribution is 0.0727. The highest BCUT2D eigenvalue weighted by Gasteiger charge is 2.20. The summed E-state index contributed by atoms with van der Waals surface area (Å²) in [6.07, 6.45) is 4.46. The van der Waals surface area contributed by atoms with Crippen LogP contribution < -0.4 is 9.47 Å². The molecule has 1 atom stereocenters. The highest BCUT2D eigenvalue weighted by atomic mass is 16.5. The van der Waals surface area contributed by atoms with Crippen molar-refractivity contribution in [1.29, 1.82) is 0 Å². The summed E-state index contributed by atoms with van der Waals surface area (Å²) in [5, 5.41) is 0. The summed E-state index contributed by atoms with van der Waals surface area (Å²) in [5.41, 5.74) is 1.58. The zero-order valence-corrected chi connectivity index (χ0v) is 16.9. The van der Waals surface area contributed by atoms with Gasteiger partial charge in [-0.3, -0.25) is 9.78 Å². The Morgan fingerprint density at radius 1 is 1.15 bits per heavy atom. The van der Waals surface area contributed by atoms with Crippen molar-refractivity contribution in [1.82, 2.24) is 9.88 Å². The molecule has 2 aromatic rings. The molecule has 0 radical (unpaired) electrons. The van der Waals surface area contributed by atoms with E-state index in [4.69, 9.17) is 9.47 Å². The lowest BCUT2D eigenvalue weighted by Crippen LogP contribution is -2.35. The van der Waals surface area contributed by atoms with Gasteiger partial charge >= 0.3 is 0 Å². The van der Waals surface area contributed by atoms with Crippen molar-refractivity contribution in [2.45, 2.75) is 46.8 Å². The maximum absolute atomic E-state index is 12.8. The Balaban J connectivity index is 2.14. The fourth-order valence-corrected chi connectivity index (χ4v) is 2.92. The predicted molar refractivity (Wildman–Crippen MR) is 107 cm³/mol. The summed E-state index contributed by atoms with van der Waals surface area (Å²) in [6.45, 7) is 9.21. The molecular formula is C22H30N2O3. The molecule has 0 aliphatic rings. The molecule has 27 heavy (non-hydrogen) atoms. The maximum atomic E-state index is 12.8. The first-order chi connectivity index (χ1) is 12.9. The molecule has 0 fully saturated rings. The van der Waals surface area contributed by atoms with Crippen LogP contribution in [0.15, 0.2) is 42.7 Å². The van der Waals surface area contributed by atoms with Crippen LogP contribution in [0.3, 0.4) is 0 Å². The molecule has 0 bridgehead atoms. The van der Waals surface area contributed by atoms with Gasteiger partial charge in [0.15, 0.2) is 11.5 Å². The number of benzene rings is 1. The van der Waals surface area contributed by atoms with Crippen molar-refractivity contribution in [2.24, 2.45) is 5.92 Å². The van der Waals surface area contributed by atoms with Crippen molar-refractivity contribution < 1.29 is 14.3 Å². The van der Waals surface area contributed by atoms with Gasteiger partial charge in [0.25, 0.3) is 5.91 Å². The third-order valence-electron chi connectivity index (χ3n) is 4.40. The number of carbonyl (C=O) groups excluding carboxylic acids is 1. The van der Waals surface area contributed by atoms with E-state index in [1.165, 1.54) is 0 Å². The zero-order chi connectivity index (χ0) is 19.8. The van der Waals surface area contributed by atoms with Crippen LogP contribution in [0.5, 0.6) is 11.5 Å². The molecular weight excluding hydrogens is 340 g/mol. The van der Waals surface area contributed by atoms with Gasteiger partial charge in [0.2, 0.25) is 0 Å². The van der Waals surface area contributed by atoms with Gasteiger partial charge in [0.1, 0.15) is 6.61 Å². The fraction of sp³-hybridized carbons (Fsp3) is 0.455. The molecule has 5 nitrogen and oxygen atoms in total. The summed E-state index contributed by atoms with van der Waals surface area (Å²) in [7, 11) is 1.85. The first-order valence-electron chi connectivity index (χ1n) is 9.48. The first kappa shape index (κ1) is 20.7. The standard InChI is InChI=1S/C22H30N2O3/c1-6-26-21-13-19(22(25)24(5)17(4)12-16(2)3)9-10-20(21)27-15-18-8-7-11-23-14-18/h7-11,13-14,16-17H,6,12,15H2,1-5H3. The van der Waals surface area contributed by atoms with Crippen LogP contribution >= 0.6 is 0 Å². The van der Waals surface area contributed by atoms with Crippen molar-refractivity contribution >= 4 is 5.91 Å². The number of carbonyl (C=O) groups is 1. The largest absolute Gasteiger partial charge is 0.490 e. The predicted octanol–water partition coefficient (Wildman–Crippen LogP) is 4.57. The smallest absolute Gasteiger partial charge is 0.253 e. The van der Waals surface area contributed by atoms with E-state index in [9.17, 15) is 4.79 Å². The van der Waals surface area contributed by atoms with Gasteiger partial charge in [0, 0.05) is 36.6 Å². The van der Waals surface area contributed by atoms with E-state index in [-0.39, 0.29) is 11.9 Å². The third kappa shape index (κ3) is 5.98. The summed E-state index contributed by atoms with van der Waals surface area (Å²) in [6, 6.07) is 9.36. The second-order valence-electron chi connectivity index (χ2n) is 7.14. The molecule has 0 N–H and O–H groups in total. The van der Waals surface area contributed by atoms with Crippen molar-refractivity contribution in [3.63, 3.8) is 0 Å². The Bertz CT molecular complexity index is 732. The topological polar surface area (TPSA) is 51.7 Å². The number of aromatic nitrogens is 1. The van der Waals surface area contributed by atoms with Crippen LogP contribution in [-0.2, 0) is 6.61 Å². The third-order valence-corrected chi connectivity index (χ3v) is 4.40. The Kier molecular flexibility index (Phi) is 7.65. The summed E-state index contributed by atoms with van der Waals surface area (Å²) >= 11 is 0. The van der Waals surface area contributed by atoms with Gasteiger partial charge in [-0.2, -0.15) is 0 Å². The lowest BCUT2D eigenvalue weighted by Gasteiger charge is -2.26. The van der Waals surface area contributed by atoms with Gasteiger partial charge < -0.3 is 14.4 Å². The molecule has 1 heterocycles. The molecule has 1 aromatic carbocycles. The lowest BCUT2D eigenvalue weighted by atomic mass is 10.0. The molecule has 2 rings (SSSR count). The molecule has 0 saturated heterocycles. The average Bonchev–Trinajstić information content (AvgIpc) is 2.66. The van der Waals surface area contributed by atoms with Crippen LogP contribution in [0.1, 0.15) is 50.0 Å². The van der Waals surface area contributed by atoms with Gasteiger partial charge in [-0.05, 0) is 50.5 Å². The SMILES string of the molecule is CCOc1cc(C(=O)N(C)C(C)CC(C)C)ccc1OCc1cccnc1. The molecule has 0 aliphatic carbocycles. The second-order valence-corrected chi connectivity index (χ2v) is 7.14. The zero-order valence-electron chi connectivity index (χ0n) is 16.9. The Hall–Kier alpha value is -2.56. The van der Waals surface area contributed by atoms with E-state index in [0.29, 0.717) is 36.2 Å². The number of hydrogen-bond acceptors (Lipinski definition) is 4. The minimum absolute atomic E-state index is 0.0112. The molecule has 0 saturated carbocycles. The quantitative estimate of drug-likeness (QED) is 0.649. The van der Waals surface area contributed by atoms with Crippen LogP contribution in [0.25, 0.3) is 0 Å². The molecule has 1 aromatic heterocycles. The van der Waals surface area contributed by atoms with E-state index in [2.05, 4.69) is 25.8 Å². The van der Waals surface area contributed by atoms with Crippen LogP contribution in [0.4, 0.5) is 0 Å². The van der Waals surface area contributed by atoms with E-state index in [0.717, 1.165) is 12.0 Å². The van der Waals surface area contributed by atoms with Crippen LogP contribution in [-0.4, -0.2) is 35.5 Å². The van der Waals surface area contributed by atoms with Crippen molar-refractivity contribution in [2.75, 3.05) is 13.7 Å². The minimum Gasteiger partial charge on any atom is -0.490 e. The monoisotopic (exact) mass is 370 g/mol. The Morgan fingerprint density at radius 2 is 1.93 bits per heavy atom. The fourth-order valence-electron chi connectivity index (χ4n) is 2.92. The number of rotatable bonds is 9. The van der Waals surface area contributed by atoms with Crippen LogP contribution in [0, 0.1) is 5.92 Å². The normalized spacial score (nSPS) is 11.9. The second kappa shape index (κ2) is 9.95. The number of hydrogen-bond donors (Lipinski definition) is 0. The van der Waals surface area contributed by atoms with Crippen molar-refractivity contribution in [3.8, 4) is 11.5 Å². The van der Waals surface area contributed by atoms with Crippen molar-refractivity contribution in [3.05, 3.63) is 53.9 Å². The van der Waals surface area contributed by atoms with Gasteiger partial charge in [0.05, 0.1) is 6.61 Å². The highest BCUT2D eigenvalue weighted by Crippen LogP contribution is 2.30. The maximum Gasteiger partial charge on any atom is 0.253 e. The Labute approximate surface area is 162 Å². The molecule has 0 spiro atoms. The minimum atomic E-state index is -0.0112. The molecule has 1 amide bonds. The molecule has 0 aliphatic heterocycles. The molecule has 146 valence electrons. The summed E-state index contributed by atoms with van der Waals surface area (Å²) in [4.78, 5) is 18.7. The number of nitrogens with zero attached hydrogens (tertiary/aromatic N) is 2. The van der Waals surface area contributed by atoms with E-state index in [1.54, 1.807) is 35.5 Å². The van der Waals surface area contributed by atoms with E-state index >= 15 is 0 Å².